The molecule has 3 nitrogen and oxygen atoms in total. The second kappa shape index (κ2) is 4.93. The number of amides is 1. The SMILES string of the molecule is C=CCNC(=O)C1CCCOC1. The first-order valence-electron chi connectivity index (χ1n) is 4.31. The highest BCUT2D eigenvalue weighted by Gasteiger charge is 2.20. The van der Waals surface area contributed by atoms with E-state index >= 15 is 0 Å². The van der Waals surface area contributed by atoms with E-state index in [1.165, 1.54) is 0 Å². The number of rotatable bonds is 3. The third-order valence-corrected chi connectivity index (χ3v) is 1.95. The van der Waals surface area contributed by atoms with Crippen LogP contribution in [0.4, 0.5) is 0 Å². The first-order valence-corrected chi connectivity index (χ1v) is 4.31. The summed E-state index contributed by atoms with van der Waals surface area (Å²) in [5, 5.41) is 2.77. The van der Waals surface area contributed by atoms with Crippen molar-refractivity contribution in [2.75, 3.05) is 19.8 Å². The minimum Gasteiger partial charge on any atom is -0.381 e. The summed E-state index contributed by atoms with van der Waals surface area (Å²) in [6.07, 6.45) is 3.62. The molecule has 1 aliphatic rings. The van der Waals surface area contributed by atoms with Gasteiger partial charge in [0, 0.05) is 13.2 Å². The van der Waals surface area contributed by atoms with Crippen LogP contribution >= 0.6 is 0 Å². The van der Waals surface area contributed by atoms with E-state index in [-0.39, 0.29) is 11.8 Å². The molecule has 0 aromatic heterocycles. The second-order valence-electron chi connectivity index (χ2n) is 2.95. The van der Waals surface area contributed by atoms with E-state index in [2.05, 4.69) is 11.9 Å². The predicted octanol–water partition coefficient (Wildman–Crippen LogP) is 0.715. The average Bonchev–Trinajstić information content (AvgIpc) is 2.15. The number of carbonyl (C=O) groups is 1. The summed E-state index contributed by atoms with van der Waals surface area (Å²) in [5.41, 5.74) is 0. The predicted molar refractivity (Wildman–Crippen MR) is 46.7 cm³/mol. The minimum absolute atomic E-state index is 0.0544. The summed E-state index contributed by atoms with van der Waals surface area (Å²) in [4.78, 5) is 11.3. The molecule has 0 saturated carbocycles. The standard InChI is InChI=1S/C9H15NO2/c1-2-5-10-9(11)8-4-3-6-12-7-8/h2,8H,1,3-7H2,(H,10,11). The normalized spacial score (nSPS) is 23.2. The van der Waals surface area contributed by atoms with Gasteiger partial charge in [0.2, 0.25) is 5.91 Å². The molecule has 1 atom stereocenters. The molecule has 0 aliphatic carbocycles. The zero-order valence-corrected chi connectivity index (χ0v) is 7.21. The molecule has 1 rings (SSSR count). The van der Waals surface area contributed by atoms with Crippen molar-refractivity contribution in [3.63, 3.8) is 0 Å². The van der Waals surface area contributed by atoms with Gasteiger partial charge < -0.3 is 10.1 Å². The number of carbonyl (C=O) groups excluding carboxylic acids is 1. The van der Waals surface area contributed by atoms with Crippen LogP contribution in [0.2, 0.25) is 0 Å². The molecule has 1 aliphatic heterocycles. The third kappa shape index (κ3) is 2.66. The van der Waals surface area contributed by atoms with Gasteiger partial charge in [0.15, 0.2) is 0 Å². The Balaban J connectivity index is 2.24. The van der Waals surface area contributed by atoms with Gasteiger partial charge in [0.05, 0.1) is 12.5 Å². The number of nitrogens with one attached hydrogen (secondary N) is 1. The highest BCUT2D eigenvalue weighted by atomic mass is 16.5. The fourth-order valence-electron chi connectivity index (χ4n) is 1.26. The van der Waals surface area contributed by atoms with Gasteiger partial charge in [0.25, 0.3) is 0 Å². The van der Waals surface area contributed by atoms with Crippen LogP contribution in [0.1, 0.15) is 12.8 Å². The monoisotopic (exact) mass is 169 g/mol. The molecule has 1 amide bonds. The topological polar surface area (TPSA) is 38.3 Å². The Hall–Kier alpha value is -0.830. The molecule has 1 heterocycles. The lowest BCUT2D eigenvalue weighted by molar-refractivity contribution is -0.128. The summed E-state index contributed by atoms with van der Waals surface area (Å²) < 4.78 is 5.20. The smallest absolute Gasteiger partial charge is 0.225 e. The maximum atomic E-state index is 11.3. The lowest BCUT2D eigenvalue weighted by Crippen LogP contribution is -2.35. The first-order chi connectivity index (χ1) is 5.84. The fourth-order valence-corrected chi connectivity index (χ4v) is 1.26. The van der Waals surface area contributed by atoms with Crippen LogP contribution in [-0.4, -0.2) is 25.7 Å². The Morgan fingerprint density at radius 3 is 3.17 bits per heavy atom. The zero-order chi connectivity index (χ0) is 8.81. The molecule has 0 aromatic rings. The molecule has 1 saturated heterocycles. The Morgan fingerprint density at radius 2 is 2.58 bits per heavy atom. The van der Waals surface area contributed by atoms with Crippen LogP contribution in [-0.2, 0) is 9.53 Å². The summed E-state index contributed by atoms with van der Waals surface area (Å²) >= 11 is 0. The van der Waals surface area contributed by atoms with Crippen LogP contribution in [0, 0.1) is 5.92 Å². The molecule has 0 radical (unpaired) electrons. The molecule has 68 valence electrons. The van der Waals surface area contributed by atoms with E-state index in [1.54, 1.807) is 6.08 Å². The summed E-state index contributed by atoms with van der Waals surface area (Å²) in [7, 11) is 0. The molecule has 1 N–H and O–H groups in total. The summed E-state index contributed by atoms with van der Waals surface area (Å²) in [6, 6.07) is 0. The van der Waals surface area contributed by atoms with Crippen LogP contribution < -0.4 is 5.32 Å². The van der Waals surface area contributed by atoms with Crippen molar-refractivity contribution in [3.05, 3.63) is 12.7 Å². The molecule has 12 heavy (non-hydrogen) atoms. The maximum Gasteiger partial charge on any atom is 0.225 e. The molecule has 0 aromatic carbocycles. The van der Waals surface area contributed by atoms with Crippen molar-refractivity contribution in [2.24, 2.45) is 5.92 Å². The molecular formula is C9H15NO2. The number of hydrogen-bond donors (Lipinski definition) is 1. The lowest BCUT2D eigenvalue weighted by Gasteiger charge is -2.20. The van der Waals surface area contributed by atoms with Gasteiger partial charge in [-0.15, -0.1) is 6.58 Å². The Bertz CT molecular complexity index is 162. The van der Waals surface area contributed by atoms with Gasteiger partial charge in [-0.2, -0.15) is 0 Å². The Kier molecular flexibility index (Phi) is 3.80. The van der Waals surface area contributed by atoms with Crippen LogP contribution in [0.25, 0.3) is 0 Å². The van der Waals surface area contributed by atoms with Crippen molar-refractivity contribution in [2.45, 2.75) is 12.8 Å². The van der Waals surface area contributed by atoms with Gasteiger partial charge >= 0.3 is 0 Å². The highest BCUT2D eigenvalue weighted by molar-refractivity contribution is 5.78. The van der Waals surface area contributed by atoms with E-state index in [1.807, 2.05) is 0 Å². The fraction of sp³-hybridized carbons (Fsp3) is 0.667. The molecule has 1 fully saturated rings. The largest absolute Gasteiger partial charge is 0.381 e. The third-order valence-electron chi connectivity index (χ3n) is 1.95. The van der Waals surface area contributed by atoms with Gasteiger partial charge in [0.1, 0.15) is 0 Å². The van der Waals surface area contributed by atoms with Crippen LogP contribution in [0.5, 0.6) is 0 Å². The zero-order valence-electron chi connectivity index (χ0n) is 7.21. The minimum atomic E-state index is 0.0544. The van der Waals surface area contributed by atoms with E-state index in [0.29, 0.717) is 13.2 Å². The first kappa shape index (κ1) is 9.26. The van der Waals surface area contributed by atoms with Crippen LogP contribution in [0.3, 0.4) is 0 Å². The maximum absolute atomic E-state index is 11.3. The quantitative estimate of drug-likeness (QED) is 0.632. The van der Waals surface area contributed by atoms with Crippen LogP contribution in [0.15, 0.2) is 12.7 Å². The molecule has 0 bridgehead atoms. The molecular weight excluding hydrogens is 154 g/mol. The van der Waals surface area contributed by atoms with E-state index in [9.17, 15) is 4.79 Å². The summed E-state index contributed by atoms with van der Waals surface area (Å²) in [6.45, 7) is 5.45. The highest BCUT2D eigenvalue weighted by Crippen LogP contribution is 2.12. The van der Waals surface area contributed by atoms with Gasteiger partial charge in [-0.1, -0.05) is 6.08 Å². The second-order valence-corrected chi connectivity index (χ2v) is 2.95. The molecule has 3 heteroatoms. The average molecular weight is 169 g/mol. The Morgan fingerprint density at radius 1 is 1.75 bits per heavy atom. The van der Waals surface area contributed by atoms with Crippen molar-refractivity contribution in [3.8, 4) is 0 Å². The van der Waals surface area contributed by atoms with E-state index in [4.69, 9.17) is 4.74 Å². The lowest BCUT2D eigenvalue weighted by atomic mass is 10.0. The number of hydrogen-bond acceptors (Lipinski definition) is 2. The molecule has 1 unspecified atom stereocenters. The van der Waals surface area contributed by atoms with Crippen molar-refractivity contribution in [1.29, 1.82) is 0 Å². The van der Waals surface area contributed by atoms with Crippen molar-refractivity contribution >= 4 is 5.91 Å². The van der Waals surface area contributed by atoms with Gasteiger partial charge in [-0.05, 0) is 12.8 Å². The van der Waals surface area contributed by atoms with Crippen molar-refractivity contribution < 1.29 is 9.53 Å². The molecule has 0 spiro atoms. The Labute approximate surface area is 72.8 Å². The van der Waals surface area contributed by atoms with Gasteiger partial charge in [-0.3, -0.25) is 4.79 Å². The van der Waals surface area contributed by atoms with E-state index in [0.717, 1.165) is 19.4 Å². The summed E-state index contributed by atoms with van der Waals surface area (Å²) in [5.74, 6) is 0.147. The van der Waals surface area contributed by atoms with Gasteiger partial charge in [-0.25, -0.2) is 0 Å². The van der Waals surface area contributed by atoms with E-state index < -0.39 is 0 Å². The van der Waals surface area contributed by atoms with Crippen molar-refractivity contribution in [1.82, 2.24) is 5.32 Å². The number of ether oxygens (including phenoxy) is 1.